The molecule has 1 saturated heterocycles. The van der Waals surface area contributed by atoms with Crippen LogP contribution in [-0.2, 0) is 6.54 Å². The second-order valence-electron chi connectivity index (χ2n) is 6.91. The summed E-state index contributed by atoms with van der Waals surface area (Å²) in [5.41, 5.74) is 0.998. The number of nitrogens with zero attached hydrogens (tertiary/aromatic N) is 2. The topological polar surface area (TPSA) is 67.4 Å². The fourth-order valence-corrected chi connectivity index (χ4v) is 3.59. The maximum Gasteiger partial charge on any atom is 0.203 e. The molecule has 8 heteroatoms. The van der Waals surface area contributed by atoms with Gasteiger partial charge in [-0.05, 0) is 57.0 Å². The molecule has 1 fully saturated rings. The minimum Gasteiger partial charge on any atom is -0.493 e. The monoisotopic (exact) mass is 520 g/mol. The van der Waals surface area contributed by atoms with Gasteiger partial charge < -0.3 is 24.8 Å². The maximum absolute atomic E-state index is 5.43. The molecule has 1 unspecified atom stereocenters. The molecule has 0 aromatic heterocycles. The number of aliphatic imine (C=N–C) groups is 1. The van der Waals surface area contributed by atoms with Gasteiger partial charge in [0.15, 0.2) is 17.5 Å². The highest BCUT2D eigenvalue weighted by Gasteiger charge is 2.20. The molecule has 1 aliphatic heterocycles. The molecule has 0 saturated carbocycles. The molecule has 0 bridgehead atoms. The zero-order valence-corrected chi connectivity index (χ0v) is 20.7. The van der Waals surface area contributed by atoms with Crippen LogP contribution in [-0.4, -0.2) is 64.4 Å². The lowest BCUT2D eigenvalue weighted by molar-refractivity contribution is 0.236. The number of nitrogens with one attached hydrogen (secondary N) is 2. The van der Waals surface area contributed by atoms with Crippen molar-refractivity contribution >= 4 is 29.9 Å². The highest BCUT2D eigenvalue weighted by molar-refractivity contribution is 14.0. The Morgan fingerprint density at radius 1 is 1.03 bits per heavy atom. The number of benzene rings is 1. The summed E-state index contributed by atoms with van der Waals surface area (Å²) in [6, 6.07) is 4.42. The first-order valence-corrected chi connectivity index (χ1v) is 10.2. The lowest BCUT2D eigenvalue weighted by Gasteiger charge is -2.27. The molecule has 1 aliphatic rings. The second-order valence-corrected chi connectivity index (χ2v) is 6.91. The smallest absolute Gasteiger partial charge is 0.203 e. The molecule has 2 N–H and O–H groups in total. The van der Waals surface area contributed by atoms with Crippen molar-refractivity contribution in [2.45, 2.75) is 45.7 Å². The van der Waals surface area contributed by atoms with Crippen LogP contribution in [0.2, 0.25) is 0 Å². The molecule has 1 atom stereocenters. The van der Waals surface area contributed by atoms with Gasteiger partial charge in [-0.15, -0.1) is 24.0 Å². The van der Waals surface area contributed by atoms with Crippen LogP contribution in [0.25, 0.3) is 0 Å². The Hall–Kier alpha value is -1.42. The summed E-state index contributed by atoms with van der Waals surface area (Å²) >= 11 is 0. The molecule has 0 aliphatic carbocycles. The fraction of sp³-hybridized carbons (Fsp3) is 0.667. The first-order chi connectivity index (χ1) is 13.7. The highest BCUT2D eigenvalue weighted by atomic mass is 127. The Morgan fingerprint density at radius 3 is 2.14 bits per heavy atom. The molecule has 166 valence electrons. The van der Waals surface area contributed by atoms with Crippen molar-refractivity contribution in [3.8, 4) is 17.2 Å². The van der Waals surface area contributed by atoms with Crippen molar-refractivity contribution in [1.82, 2.24) is 15.5 Å². The van der Waals surface area contributed by atoms with E-state index in [0.29, 0.717) is 29.8 Å². The highest BCUT2D eigenvalue weighted by Crippen LogP contribution is 2.38. The second kappa shape index (κ2) is 13.7. The van der Waals surface area contributed by atoms with Gasteiger partial charge >= 0.3 is 0 Å². The zero-order chi connectivity index (χ0) is 20.4. The van der Waals surface area contributed by atoms with Crippen LogP contribution >= 0.6 is 24.0 Å². The van der Waals surface area contributed by atoms with E-state index in [1.54, 1.807) is 21.3 Å². The van der Waals surface area contributed by atoms with Gasteiger partial charge in [0.05, 0.1) is 27.9 Å². The molecule has 29 heavy (non-hydrogen) atoms. The van der Waals surface area contributed by atoms with Crippen molar-refractivity contribution in [3.05, 3.63) is 17.7 Å². The first kappa shape index (κ1) is 25.6. The van der Waals surface area contributed by atoms with Crippen molar-refractivity contribution in [2.75, 3.05) is 47.5 Å². The van der Waals surface area contributed by atoms with Crippen LogP contribution in [0.5, 0.6) is 17.2 Å². The molecular formula is C21H37IN4O3. The van der Waals surface area contributed by atoms with E-state index in [1.807, 2.05) is 12.1 Å². The summed E-state index contributed by atoms with van der Waals surface area (Å²) in [6.45, 7) is 8.99. The Labute approximate surface area is 192 Å². The average molecular weight is 520 g/mol. The van der Waals surface area contributed by atoms with E-state index in [9.17, 15) is 0 Å². The number of ether oxygens (including phenoxy) is 3. The predicted molar refractivity (Wildman–Crippen MR) is 129 cm³/mol. The largest absolute Gasteiger partial charge is 0.493 e. The molecule has 1 aromatic rings. The van der Waals surface area contributed by atoms with Crippen LogP contribution in [0.4, 0.5) is 0 Å². The third-order valence-corrected chi connectivity index (χ3v) is 5.12. The van der Waals surface area contributed by atoms with E-state index in [4.69, 9.17) is 19.2 Å². The summed E-state index contributed by atoms with van der Waals surface area (Å²) in [5, 5.41) is 6.84. The van der Waals surface area contributed by atoms with Crippen molar-refractivity contribution < 1.29 is 14.2 Å². The zero-order valence-electron chi connectivity index (χ0n) is 18.4. The molecule has 0 amide bonds. The molecule has 2 rings (SSSR count). The lowest BCUT2D eigenvalue weighted by atomic mass is 10.2. The predicted octanol–water partition coefficient (Wildman–Crippen LogP) is 3.26. The number of hydrogen-bond donors (Lipinski definition) is 2. The Balaban J connectivity index is 0.00000420. The number of rotatable bonds is 10. The summed E-state index contributed by atoms with van der Waals surface area (Å²) < 4.78 is 16.3. The number of hydrogen-bond acceptors (Lipinski definition) is 5. The number of halogens is 1. The average Bonchev–Trinajstić information content (AvgIpc) is 3.26. The standard InChI is InChI=1S/C21H36N4O3.HI/c1-6-17(25-10-8-9-11-25)15-24-21(22-7-2)23-14-16-12-18(26-3)20(28-5)19(13-16)27-4;/h12-13,17H,6-11,14-15H2,1-5H3,(H2,22,23,24);1H. The number of guanidine groups is 1. The molecule has 1 heterocycles. The summed E-state index contributed by atoms with van der Waals surface area (Å²) in [5.74, 6) is 2.71. The van der Waals surface area contributed by atoms with E-state index < -0.39 is 0 Å². The maximum atomic E-state index is 5.43. The third kappa shape index (κ3) is 7.40. The van der Waals surface area contributed by atoms with Crippen molar-refractivity contribution in [3.63, 3.8) is 0 Å². The third-order valence-electron chi connectivity index (χ3n) is 5.12. The number of methoxy groups -OCH3 is 3. The van der Waals surface area contributed by atoms with E-state index in [0.717, 1.165) is 31.0 Å². The van der Waals surface area contributed by atoms with Crippen LogP contribution in [0.1, 0.15) is 38.7 Å². The summed E-state index contributed by atoms with van der Waals surface area (Å²) in [7, 11) is 4.86. The normalized spacial score (nSPS) is 15.4. The van der Waals surface area contributed by atoms with Gasteiger partial charge in [0.2, 0.25) is 5.75 Å². The first-order valence-electron chi connectivity index (χ1n) is 10.2. The van der Waals surface area contributed by atoms with Gasteiger partial charge in [-0.2, -0.15) is 0 Å². The molecule has 0 radical (unpaired) electrons. The molecule has 0 spiro atoms. The van der Waals surface area contributed by atoms with E-state index in [2.05, 4.69) is 29.4 Å². The van der Waals surface area contributed by atoms with Crippen LogP contribution in [0, 0.1) is 0 Å². The Morgan fingerprint density at radius 2 is 1.66 bits per heavy atom. The quantitative estimate of drug-likeness (QED) is 0.281. The van der Waals surface area contributed by atoms with Gasteiger partial charge in [-0.25, -0.2) is 4.99 Å². The van der Waals surface area contributed by atoms with Gasteiger partial charge in [0.25, 0.3) is 0 Å². The lowest BCUT2D eigenvalue weighted by Crippen LogP contribution is -2.46. The van der Waals surface area contributed by atoms with Gasteiger partial charge in [0, 0.05) is 19.1 Å². The van der Waals surface area contributed by atoms with Crippen molar-refractivity contribution in [1.29, 1.82) is 0 Å². The van der Waals surface area contributed by atoms with Crippen LogP contribution in [0.15, 0.2) is 17.1 Å². The molecule has 7 nitrogen and oxygen atoms in total. The SMILES string of the molecule is CCNC(=NCc1cc(OC)c(OC)c(OC)c1)NCC(CC)N1CCCC1.I. The minimum atomic E-state index is 0. The summed E-state index contributed by atoms with van der Waals surface area (Å²) in [4.78, 5) is 7.33. The fourth-order valence-electron chi connectivity index (χ4n) is 3.59. The van der Waals surface area contributed by atoms with E-state index in [-0.39, 0.29) is 24.0 Å². The molecular weight excluding hydrogens is 483 g/mol. The Bertz CT molecular complexity index is 611. The minimum absolute atomic E-state index is 0. The van der Waals surface area contributed by atoms with Crippen molar-refractivity contribution in [2.24, 2.45) is 4.99 Å². The van der Waals surface area contributed by atoms with E-state index >= 15 is 0 Å². The van der Waals surface area contributed by atoms with Gasteiger partial charge in [-0.1, -0.05) is 6.92 Å². The van der Waals surface area contributed by atoms with E-state index in [1.165, 1.54) is 25.9 Å². The molecule has 1 aromatic carbocycles. The van der Waals surface area contributed by atoms with Crippen LogP contribution in [0.3, 0.4) is 0 Å². The number of likely N-dealkylation sites (tertiary alicyclic amines) is 1. The van der Waals surface area contributed by atoms with Gasteiger partial charge in [0.1, 0.15) is 0 Å². The Kier molecular flexibility index (Phi) is 12.1. The summed E-state index contributed by atoms with van der Waals surface area (Å²) in [6.07, 6.45) is 3.76. The van der Waals surface area contributed by atoms with Crippen LogP contribution < -0.4 is 24.8 Å². The van der Waals surface area contributed by atoms with Gasteiger partial charge in [-0.3, -0.25) is 4.90 Å².